The maximum absolute atomic E-state index is 12.9. The van der Waals surface area contributed by atoms with E-state index in [-0.39, 0.29) is 24.0 Å². The van der Waals surface area contributed by atoms with Gasteiger partial charge in [0.15, 0.2) is 0 Å². The molecule has 166 valence electrons. The van der Waals surface area contributed by atoms with E-state index in [9.17, 15) is 9.59 Å². The van der Waals surface area contributed by atoms with Gasteiger partial charge in [-0.05, 0) is 43.5 Å². The minimum Gasteiger partial charge on any atom is -0.342 e. The molecule has 0 aliphatic carbocycles. The summed E-state index contributed by atoms with van der Waals surface area (Å²) in [5.74, 6) is -0.114. The number of nitrogens with one attached hydrogen (secondary N) is 2. The fourth-order valence-electron chi connectivity index (χ4n) is 3.05. The van der Waals surface area contributed by atoms with Gasteiger partial charge in [0, 0.05) is 16.0 Å². The summed E-state index contributed by atoms with van der Waals surface area (Å²) >= 11 is 1.46. The lowest BCUT2D eigenvalue weighted by Crippen LogP contribution is -2.34. The molecule has 2 heterocycles. The van der Waals surface area contributed by atoms with E-state index in [4.69, 9.17) is 4.52 Å². The van der Waals surface area contributed by atoms with Crippen LogP contribution in [0.1, 0.15) is 32.3 Å². The van der Waals surface area contributed by atoms with Crippen LogP contribution in [0, 0.1) is 13.8 Å². The third-order valence-corrected chi connectivity index (χ3v) is 5.60. The molecule has 2 N–H and O–H groups in total. The van der Waals surface area contributed by atoms with Crippen LogP contribution in [-0.2, 0) is 11.3 Å². The third-order valence-electron chi connectivity index (χ3n) is 4.78. The van der Waals surface area contributed by atoms with Crippen molar-refractivity contribution in [3.05, 3.63) is 99.2 Å². The fourth-order valence-corrected chi connectivity index (χ4v) is 3.71. The Morgan fingerprint density at radius 2 is 1.85 bits per heavy atom. The Bertz CT molecular complexity index is 1290. The average molecular weight is 459 g/mol. The molecule has 4 aromatic rings. The zero-order chi connectivity index (χ0) is 23.2. The summed E-state index contributed by atoms with van der Waals surface area (Å²) in [7, 11) is 0. The molecule has 4 rings (SSSR count). The number of thiophene rings is 1. The molecular formula is C25H22N4O3S. The highest BCUT2D eigenvalue weighted by Crippen LogP contribution is 2.17. The summed E-state index contributed by atoms with van der Waals surface area (Å²) in [4.78, 5) is 30.8. The molecule has 7 nitrogen and oxygen atoms in total. The van der Waals surface area contributed by atoms with Crippen LogP contribution in [0.2, 0.25) is 0 Å². The molecule has 0 radical (unpaired) electrons. The van der Waals surface area contributed by atoms with Gasteiger partial charge in [-0.15, -0.1) is 11.3 Å². The number of aromatic nitrogens is 2. The molecule has 0 spiro atoms. The predicted octanol–water partition coefficient (Wildman–Crippen LogP) is 4.50. The van der Waals surface area contributed by atoms with E-state index in [1.54, 1.807) is 24.3 Å². The Hall–Kier alpha value is -4.04. The van der Waals surface area contributed by atoms with Crippen molar-refractivity contribution in [2.45, 2.75) is 20.4 Å². The number of aryl methyl sites for hydroxylation is 2. The third kappa shape index (κ3) is 5.81. The highest BCUT2D eigenvalue weighted by Gasteiger charge is 2.16. The zero-order valence-electron chi connectivity index (χ0n) is 18.2. The minimum absolute atomic E-state index is 0.0276. The summed E-state index contributed by atoms with van der Waals surface area (Å²) < 4.78 is 5.27. The van der Waals surface area contributed by atoms with Crippen molar-refractivity contribution in [1.29, 1.82) is 0 Å². The van der Waals surface area contributed by atoms with E-state index < -0.39 is 5.91 Å². The summed E-state index contributed by atoms with van der Waals surface area (Å²) in [6, 6.07) is 18.7. The molecule has 0 fully saturated rings. The molecular weight excluding hydrogens is 436 g/mol. The second-order valence-electron chi connectivity index (χ2n) is 7.46. The second-order valence-corrected chi connectivity index (χ2v) is 8.44. The Labute approximate surface area is 195 Å². The number of hydrogen-bond donors (Lipinski definition) is 2. The van der Waals surface area contributed by atoms with Gasteiger partial charge in [0.1, 0.15) is 5.70 Å². The van der Waals surface area contributed by atoms with E-state index in [0.29, 0.717) is 11.4 Å². The van der Waals surface area contributed by atoms with Crippen molar-refractivity contribution < 1.29 is 14.1 Å². The van der Waals surface area contributed by atoms with Crippen molar-refractivity contribution in [2.24, 2.45) is 0 Å². The molecule has 0 atom stereocenters. The molecule has 0 unspecified atom stereocenters. The van der Waals surface area contributed by atoms with E-state index in [0.717, 1.165) is 21.6 Å². The highest BCUT2D eigenvalue weighted by atomic mass is 32.1. The van der Waals surface area contributed by atoms with Gasteiger partial charge in [-0.3, -0.25) is 9.59 Å². The van der Waals surface area contributed by atoms with Crippen LogP contribution >= 0.6 is 11.3 Å². The first-order valence-corrected chi connectivity index (χ1v) is 11.2. The number of carbonyl (C=O) groups excluding carboxylic acids is 2. The Morgan fingerprint density at radius 1 is 1.03 bits per heavy atom. The van der Waals surface area contributed by atoms with Crippen LogP contribution < -0.4 is 10.6 Å². The standard InChI is InChI=1S/C25H22N4O3S/c1-16-8-10-18(11-9-16)23-28-22(32-29-23)15-26-25(31)21(14-20-7-4-12-33-20)27-24(30)19-6-3-5-17(2)13-19/h3-14H,15H2,1-2H3,(H,26,31)(H,27,30)/b21-14-. The van der Waals surface area contributed by atoms with Crippen LogP contribution in [0.25, 0.3) is 17.5 Å². The maximum atomic E-state index is 12.9. The smallest absolute Gasteiger partial charge is 0.268 e. The van der Waals surface area contributed by atoms with Gasteiger partial charge >= 0.3 is 0 Å². The normalized spacial score (nSPS) is 11.3. The molecule has 2 aromatic heterocycles. The number of hydrogen-bond acceptors (Lipinski definition) is 6. The molecule has 0 bridgehead atoms. The number of benzene rings is 2. The summed E-state index contributed by atoms with van der Waals surface area (Å²) in [5.41, 5.74) is 3.51. The average Bonchev–Trinajstić information content (AvgIpc) is 3.50. The van der Waals surface area contributed by atoms with Gasteiger partial charge < -0.3 is 15.2 Å². The van der Waals surface area contributed by atoms with E-state index >= 15 is 0 Å². The molecule has 33 heavy (non-hydrogen) atoms. The minimum atomic E-state index is -0.459. The monoisotopic (exact) mass is 458 g/mol. The molecule has 0 saturated carbocycles. The fraction of sp³-hybridized carbons (Fsp3) is 0.120. The molecule has 2 amide bonds. The van der Waals surface area contributed by atoms with Gasteiger partial charge in [-0.1, -0.05) is 58.7 Å². The molecule has 0 aliphatic rings. The van der Waals surface area contributed by atoms with Gasteiger partial charge in [0.2, 0.25) is 11.7 Å². The predicted molar refractivity (Wildman–Crippen MR) is 127 cm³/mol. The first-order valence-electron chi connectivity index (χ1n) is 10.3. The van der Waals surface area contributed by atoms with E-state index in [1.165, 1.54) is 11.3 Å². The van der Waals surface area contributed by atoms with Gasteiger partial charge in [-0.25, -0.2) is 0 Å². The first kappa shape index (κ1) is 22.2. The molecule has 8 heteroatoms. The summed E-state index contributed by atoms with van der Waals surface area (Å²) in [6.07, 6.45) is 1.64. The summed E-state index contributed by atoms with van der Waals surface area (Å²) in [6.45, 7) is 3.93. The lowest BCUT2D eigenvalue weighted by Gasteiger charge is -2.10. The van der Waals surface area contributed by atoms with Crippen LogP contribution in [0.15, 0.2) is 76.3 Å². The lowest BCUT2D eigenvalue weighted by molar-refractivity contribution is -0.118. The SMILES string of the molecule is Cc1ccc(-c2noc(CNC(=O)/C(=C/c3cccs3)NC(=O)c3cccc(C)c3)n2)cc1. The van der Waals surface area contributed by atoms with Crippen LogP contribution in [0.5, 0.6) is 0 Å². The van der Waals surface area contributed by atoms with Crippen molar-refractivity contribution in [3.8, 4) is 11.4 Å². The Balaban J connectivity index is 1.47. The number of carbonyl (C=O) groups is 2. The number of nitrogens with zero attached hydrogens (tertiary/aromatic N) is 2. The maximum Gasteiger partial charge on any atom is 0.268 e. The Kier molecular flexibility index (Phi) is 6.75. The first-order chi connectivity index (χ1) is 16.0. The quantitative estimate of drug-likeness (QED) is 0.398. The van der Waals surface area contributed by atoms with Crippen molar-refractivity contribution in [2.75, 3.05) is 0 Å². The van der Waals surface area contributed by atoms with Crippen molar-refractivity contribution in [1.82, 2.24) is 20.8 Å². The highest BCUT2D eigenvalue weighted by molar-refractivity contribution is 7.10. The van der Waals surface area contributed by atoms with Gasteiger partial charge in [-0.2, -0.15) is 4.98 Å². The van der Waals surface area contributed by atoms with E-state index in [1.807, 2.05) is 61.7 Å². The van der Waals surface area contributed by atoms with Gasteiger partial charge in [0.05, 0.1) is 6.54 Å². The zero-order valence-corrected chi connectivity index (χ0v) is 19.0. The van der Waals surface area contributed by atoms with Crippen molar-refractivity contribution >= 4 is 29.2 Å². The second kappa shape index (κ2) is 10.1. The number of amides is 2. The van der Waals surface area contributed by atoms with Gasteiger partial charge in [0.25, 0.3) is 11.8 Å². The van der Waals surface area contributed by atoms with Crippen molar-refractivity contribution in [3.63, 3.8) is 0 Å². The largest absolute Gasteiger partial charge is 0.342 e. The Morgan fingerprint density at radius 3 is 2.58 bits per heavy atom. The van der Waals surface area contributed by atoms with E-state index in [2.05, 4.69) is 20.8 Å². The molecule has 2 aromatic carbocycles. The molecule has 0 saturated heterocycles. The van der Waals surface area contributed by atoms with Crippen LogP contribution in [0.4, 0.5) is 0 Å². The van der Waals surface area contributed by atoms with Crippen LogP contribution in [-0.4, -0.2) is 22.0 Å². The summed E-state index contributed by atoms with van der Waals surface area (Å²) in [5, 5.41) is 11.3. The molecule has 0 aliphatic heterocycles. The topological polar surface area (TPSA) is 97.1 Å². The number of rotatable bonds is 7. The lowest BCUT2D eigenvalue weighted by atomic mass is 10.1. The van der Waals surface area contributed by atoms with Crippen LogP contribution in [0.3, 0.4) is 0 Å².